The number of rotatable bonds is 7. The van der Waals surface area contributed by atoms with Crippen molar-refractivity contribution in [2.75, 3.05) is 19.8 Å². The molecule has 0 aromatic rings. The van der Waals surface area contributed by atoms with Crippen molar-refractivity contribution < 1.29 is 9.53 Å². The Hall–Kier alpha value is -0.610. The van der Waals surface area contributed by atoms with Gasteiger partial charge in [0.05, 0.1) is 18.8 Å². The van der Waals surface area contributed by atoms with Crippen LogP contribution in [0.5, 0.6) is 0 Å². The molecule has 1 N–H and O–H groups in total. The smallest absolute Gasteiger partial charge is 0.241 e. The highest BCUT2D eigenvalue weighted by atomic mass is 16.5. The Balaban J connectivity index is 2.48. The van der Waals surface area contributed by atoms with Crippen molar-refractivity contribution in [3.63, 3.8) is 0 Å². The molecule has 4 nitrogen and oxygen atoms in total. The van der Waals surface area contributed by atoms with Gasteiger partial charge in [-0.05, 0) is 19.8 Å². The van der Waals surface area contributed by atoms with E-state index in [1.165, 1.54) is 0 Å². The molecule has 1 saturated heterocycles. The lowest BCUT2D eigenvalue weighted by molar-refractivity contribution is -0.130. The van der Waals surface area contributed by atoms with Crippen LogP contribution in [0.25, 0.3) is 0 Å². The van der Waals surface area contributed by atoms with Crippen LogP contribution in [0.3, 0.4) is 0 Å². The molecule has 1 aliphatic heterocycles. The minimum absolute atomic E-state index is 0.0246. The zero-order chi connectivity index (χ0) is 12.0. The summed E-state index contributed by atoms with van der Waals surface area (Å²) in [6.45, 7) is 8.25. The van der Waals surface area contributed by atoms with E-state index in [0.29, 0.717) is 19.8 Å². The number of nitrogens with one attached hydrogen (secondary N) is 1. The molecule has 94 valence electrons. The molecular weight excluding hydrogens is 204 g/mol. The molecule has 4 heteroatoms. The second-order valence-corrected chi connectivity index (χ2v) is 4.16. The Morgan fingerprint density at radius 3 is 2.69 bits per heavy atom. The number of hydrogen-bond donors (Lipinski definition) is 1. The van der Waals surface area contributed by atoms with Crippen molar-refractivity contribution in [2.24, 2.45) is 0 Å². The van der Waals surface area contributed by atoms with Gasteiger partial charge in [-0.2, -0.15) is 0 Å². The fourth-order valence-electron chi connectivity index (χ4n) is 2.15. The summed E-state index contributed by atoms with van der Waals surface area (Å²) in [5.41, 5.74) is 0. The average Bonchev–Trinajstić information content (AvgIpc) is 2.58. The van der Waals surface area contributed by atoms with Gasteiger partial charge >= 0.3 is 0 Å². The molecule has 0 bridgehead atoms. The van der Waals surface area contributed by atoms with E-state index in [2.05, 4.69) is 19.2 Å². The van der Waals surface area contributed by atoms with E-state index < -0.39 is 0 Å². The van der Waals surface area contributed by atoms with E-state index >= 15 is 0 Å². The molecule has 0 radical (unpaired) electrons. The Labute approximate surface area is 98.3 Å². The van der Waals surface area contributed by atoms with E-state index in [1.807, 2.05) is 11.8 Å². The van der Waals surface area contributed by atoms with Gasteiger partial charge in [0.1, 0.15) is 0 Å². The maximum Gasteiger partial charge on any atom is 0.241 e. The highest BCUT2D eigenvalue weighted by Gasteiger charge is 2.36. The quantitative estimate of drug-likeness (QED) is 0.669. The molecule has 1 heterocycles. The second kappa shape index (κ2) is 6.86. The first-order chi connectivity index (χ1) is 7.74. The molecule has 0 saturated carbocycles. The van der Waals surface area contributed by atoms with Gasteiger partial charge in [0.15, 0.2) is 0 Å². The van der Waals surface area contributed by atoms with Crippen LogP contribution in [0.15, 0.2) is 0 Å². The van der Waals surface area contributed by atoms with Crippen LogP contribution in [-0.4, -0.2) is 42.8 Å². The number of carbonyl (C=O) groups excluding carboxylic acids is 1. The monoisotopic (exact) mass is 228 g/mol. The maximum absolute atomic E-state index is 12.1. The topological polar surface area (TPSA) is 41.6 Å². The van der Waals surface area contributed by atoms with Gasteiger partial charge in [0.25, 0.3) is 0 Å². The summed E-state index contributed by atoms with van der Waals surface area (Å²) < 4.78 is 5.31. The minimum Gasteiger partial charge on any atom is -0.380 e. The first kappa shape index (κ1) is 13.5. The van der Waals surface area contributed by atoms with Crippen molar-refractivity contribution in [3.05, 3.63) is 0 Å². The lowest BCUT2D eigenvalue weighted by atomic mass is 10.2. The van der Waals surface area contributed by atoms with E-state index in [0.717, 1.165) is 19.3 Å². The second-order valence-electron chi connectivity index (χ2n) is 4.16. The van der Waals surface area contributed by atoms with Crippen LogP contribution in [0.4, 0.5) is 0 Å². The van der Waals surface area contributed by atoms with Crippen LogP contribution in [0.1, 0.15) is 40.0 Å². The largest absolute Gasteiger partial charge is 0.380 e. The van der Waals surface area contributed by atoms with Crippen LogP contribution in [0.2, 0.25) is 0 Å². The summed E-state index contributed by atoms with van der Waals surface area (Å²) in [6, 6.07) is 0.0246. The van der Waals surface area contributed by atoms with Gasteiger partial charge in [-0.1, -0.05) is 20.3 Å². The molecule has 0 aromatic heterocycles. The summed E-state index contributed by atoms with van der Waals surface area (Å²) in [5.74, 6) is 0.244. The molecule has 2 atom stereocenters. The fraction of sp³-hybridized carbons (Fsp3) is 0.917. The van der Waals surface area contributed by atoms with Crippen molar-refractivity contribution in [1.82, 2.24) is 10.2 Å². The number of hydrogen-bond acceptors (Lipinski definition) is 3. The van der Waals surface area contributed by atoms with Crippen molar-refractivity contribution in [1.29, 1.82) is 0 Å². The summed E-state index contributed by atoms with van der Waals surface area (Å²) in [5, 5.41) is 3.39. The first-order valence-corrected chi connectivity index (χ1v) is 6.38. The van der Waals surface area contributed by atoms with Gasteiger partial charge in [0.2, 0.25) is 5.91 Å². The molecule has 0 spiro atoms. The molecule has 1 aliphatic rings. The summed E-state index contributed by atoms with van der Waals surface area (Å²) >= 11 is 0. The maximum atomic E-state index is 12.1. The third kappa shape index (κ3) is 3.19. The van der Waals surface area contributed by atoms with Crippen molar-refractivity contribution in [3.8, 4) is 0 Å². The Morgan fingerprint density at radius 2 is 2.12 bits per heavy atom. The number of nitrogens with zero attached hydrogens (tertiary/aromatic N) is 1. The van der Waals surface area contributed by atoms with Gasteiger partial charge in [-0.3, -0.25) is 10.1 Å². The lowest BCUT2D eigenvalue weighted by Gasteiger charge is -2.22. The predicted octanol–water partition coefficient (Wildman–Crippen LogP) is 1.36. The van der Waals surface area contributed by atoms with Gasteiger partial charge in [-0.25, -0.2) is 0 Å². The van der Waals surface area contributed by atoms with Crippen LogP contribution < -0.4 is 5.32 Å². The normalized spacial score (nSPS) is 25.4. The lowest BCUT2D eigenvalue weighted by Crippen LogP contribution is -2.38. The molecule has 1 fully saturated rings. The number of amides is 1. The molecule has 1 amide bonds. The fourth-order valence-corrected chi connectivity index (χ4v) is 2.15. The Bertz CT molecular complexity index is 221. The SMILES string of the molecule is CCCC1NC(CC)N(CCOCC)C1=O. The van der Waals surface area contributed by atoms with Crippen LogP contribution in [0, 0.1) is 0 Å². The predicted molar refractivity (Wildman–Crippen MR) is 64.1 cm³/mol. The van der Waals surface area contributed by atoms with Gasteiger partial charge < -0.3 is 9.64 Å². The summed E-state index contributed by atoms with van der Waals surface area (Å²) in [4.78, 5) is 14.0. The average molecular weight is 228 g/mol. The van der Waals surface area contributed by atoms with Crippen LogP contribution in [-0.2, 0) is 9.53 Å². The molecular formula is C12H24N2O2. The van der Waals surface area contributed by atoms with E-state index in [9.17, 15) is 4.79 Å². The minimum atomic E-state index is 0.0246. The molecule has 2 unspecified atom stereocenters. The standard InChI is InChI=1S/C12H24N2O2/c1-4-7-10-12(15)14(8-9-16-6-3)11(5-2)13-10/h10-11,13H,4-9H2,1-3H3. The van der Waals surface area contributed by atoms with Crippen molar-refractivity contribution >= 4 is 5.91 Å². The highest BCUT2D eigenvalue weighted by molar-refractivity contribution is 5.84. The Kier molecular flexibility index (Phi) is 5.77. The third-order valence-electron chi connectivity index (χ3n) is 3.00. The molecule has 16 heavy (non-hydrogen) atoms. The zero-order valence-electron chi connectivity index (χ0n) is 10.7. The van der Waals surface area contributed by atoms with Crippen molar-refractivity contribution in [2.45, 2.75) is 52.2 Å². The summed E-state index contributed by atoms with van der Waals surface area (Å²) in [6.07, 6.45) is 3.13. The molecule has 0 aliphatic carbocycles. The summed E-state index contributed by atoms with van der Waals surface area (Å²) in [7, 11) is 0. The van der Waals surface area contributed by atoms with Gasteiger partial charge in [0, 0.05) is 13.2 Å². The van der Waals surface area contributed by atoms with E-state index in [-0.39, 0.29) is 18.1 Å². The first-order valence-electron chi connectivity index (χ1n) is 6.38. The highest BCUT2D eigenvalue weighted by Crippen LogP contribution is 2.16. The number of carbonyl (C=O) groups is 1. The van der Waals surface area contributed by atoms with Crippen LogP contribution >= 0.6 is 0 Å². The van der Waals surface area contributed by atoms with E-state index in [4.69, 9.17) is 4.74 Å². The number of ether oxygens (including phenoxy) is 1. The van der Waals surface area contributed by atoms with E-state index in [1.54, 1.807) is 0 Å². The zero-order valence-corrected chi connectivity index (χ0v) is 10.7. The molecule has 1 rings (SSSR count). The molecule has 0 aromatic carbocycles. The van der Waals surface area contributed by atoms with Gasteiger partial charge in [-0.15, -0.1) is 0 Å². The Morgan fingerprint density at radius 1 is 1.38 bits per heavy atom. The third-order valence-corrected chi connectivity index (χ3v) is 3.00.